The molecule has 0 amide bonds. The Bertz CT molecular complexity index is 654. The molecule has 2 rings (SSSR count). The molecule has 1 heterocycles. The van der Waals surface area contributed by atoms with Gasteiger partial charge in [0.25, 0.3) is 0 Å². The highest BCUT2D eigenvalue weighted by Gasteiger charge is 2.16. The van der Waals surface area contributed by atoms with Gasteiger partial charge in [0, 0.05) is 0 Å². The summed E-state index contributed by atoms with van der Waals surface area (Å²) in [7, 11) is 0. The number of hydrogen-bond donors (Lipinski definition) is 0. The molecule has 0 radical (unpaired) electrons. The number of rotatable bonds is 4. The molecule has 0 saturated heterocycles. The Morgan fingerprint density at radius 1 is 1.42 bits per heavy atom. The van der Waals surface area contributed by atoms with Crippen LogP contribution in [0.25, 0.3) is 0 Å². The van der Waals surface area contributed by atoms with Crippen molar-refractivity contribution in [1.82, 2.24) is 9.78 Å². The van der Waals surface area contributed by atoms with Crippen molar-refractivity contribution >= 4 is 11.5 Å². The molecule has 0 saturated carbocycles. The van der Waals surface area contributed by atoms with Gasteiger partial charge in [-0.1, -0.05) is 0 Å². The average molecular weight is 267 g/mol. The zero-order valence-electron chi connectivity index (χ0n) is 9.42. The van der Waals surface area contributed by atoms with Crippen LogP contribution in [0.5, 0.6) is 0 Å². The molecule has 1 aromatic carbocycles. The summed E-state index contributed by atoms with van der Waals surface area (Å²) in [5.74, 6) is -2.32. The fraction of sp³-hybridized carbons (Fsp3) is 0.0909. The SMILES string of the molecule is O=C(Cn1cc([N+](=O)[O-])cn1)c1cc(F)ccc1F. The van der Waals surface area contributed by atoms with Crippen molar-refractivity contribution < 1.29 is 18.5 Å². The monoisotopic (exact) mass is 267 g/mol. The largest absolute Gasteiger partial charge is 0.307 e. The maximum absolute atomic E-state index is 13.3. The van der Waals surface area contributed by atoms with Crippen LogP contribution in [0.15, 0.2) is 30.6 Å². The molecule has 8 heteroatoms. The van der Waals surface area contributed by atoms with Crippen molar-refractivity contribution in [1.29, 1.82) is 0 Å². The third kappa shape index (κ3) is 2.79. The molecule has 0 unspecified atom stereocenters. The molecule has 0 fully saturated rings. The standard InChI is InChI=1S/C11H7F2N3O3/c12-7-1-2-10(13)9(3-7)11(17)6-15-5-8(4-14-15)16(18)19/h1-5H,6H2. The zero-order valence-corrected chi connectivity index (χ0v) is 9.42. The van der Waals surface area contributed by atoms with Gasteiger partial charge in [-0.15, -0.1) is 0 Å². The minimum Gasteiger partial charge on any atom is -0.292 e. The van der Waals surface area contributed by atoms with E-state index in [9.17, 15) is 23.7 Å². The number of halogens is 2. The normalized spacial score (nSPS) is 10.4. The number of benzene rings is 1. The predicted molar refractivity (Wildman–Crippen MR) is 59.6 cm³/mol. The summed E-state index contributed by atoms with van der Waals surface area (Å²) in [4.78, 5) is 21.5. The van der Waals surface area contributed by atoms with E-state index in [-0.39, 0.29) is 5.69 Å². The Labute approximate surface area is 105 Å². The van der Waals surface area contributed by atoms with Gasteiger partial charge in [0.05, 0.1) is 10.5 Å². The molecule has 98 valence electrons. The lowest BCUT2D eigenvalue weighted by Crippen LogP contribution is -2.12. The second-order valence-corrected chi connectivity index (χ2v) is 3.70. The van der Waals surface area contributed by atoms with Gasteiger partial charge in [-0.25, -0.2) is 8.78 Å². The Morgan fingerprint density at radius 3 is 2.79 bits per heavy atom. The van der Waals surface area contributed by atoms with Crippen LogP contribution in [0.1, 0.15) is 10.4 Å². The van der Waals surface area contributed by atoms with Crippen molar-refractivity contribution in [3.63, 3.8) is 0 Å². The molecule has 19 heavy (non-hydrogen) atoms. The van der Waals surface area contributed by atoms with Crippen LogP contribution < -0.4 is 0 Å². The van der Waals surface area contributed by atoms with Crippen LogP contribution in [0, 0.1) is 21.7 Å². The Hall–Kier alpha value is -2.64. The molecule has 0 bridgehead atoms. The van der Waals surface area contributed by atoms with E-state index < -0.39 is 34.4 Å². The van der Waals surface area contributed by atoms with Crippen LogP contribution in [-0.4, -0.2) is 20.5 Å². The van der Waals surface area contributed by atoms with E-state index in [1.807, 2.05) is 0 Å². The fourth-order valence-electron chi connectivity index (χ4n) is 1.48. The highest BCUT2D eigenvalue weighted by molar-refractivity contribution is 5.96. The molecule has 1 aromatic heterocycles. The van der Waals surface area contributed by atoms with E-state index in [4.69, 9.17) is 0 Å². The maximum Gasteiger partial charge on any atom is 0.307 e. The van der Waals surface area contributed by atoms with Crippen molar-refractivity contribution in [2.24, 2.45) is 0 Å². The summed E-state index contributed by atoms with van der Waals surface area (Å²) >= 11 is 0. The van der Waals surface area contributed by atoms with Crippen molar-refractivity contribution in [3.8, 4) is 0 Å². The quantitative estimate of drug-likeness (QED) is 0.482. The molecule has 0 spiro atoms. The summed E-state index contributed by atoms with van der Waals surface area (Å²) in [6, 6.07) is 2.51. The van der Waals surface area contributed by atoms with E-state index in [1.165, 1.54) is 0 Å². The first-order valence-corrected chi connectivity index (χ1v) is 5.12. The predicted octanol–water partition coefficient (Wildman–Crippen LogP) is 1.95. The van der Waals surface area contributed by atoms with Gasteiger partial charge in [-0.2, -0.15) is 5.10 Å². The Balaban J connectivity index is 2.20. The smallest absolute Gasteiger partial charge is 0.292 e. The molecular formula is C11H7F2N3O3. The Kier molecular flexibility index (Phi) is 3.32. The molecule has 0 aliphatic carbocycles. The van der Waals surface area contributed by atoms with Crippen molar-refractivity contribution in [2.45, 2.75) is 6.54 Å². The fourth-order valence-corrected chi connectivity index (χ4v) is 1.48. The van der Waals surface area contributed by atoms with Crippen molar-refractivity contribution in [3.05, 3.63) is 57.9 Å². The molecule has 0 aliphatic rings. The van der Waals surface area contributed by atoms with Gasteiger partial charge >= 0.3 is 5.69 Å². The number of Topliss-reactive ketones (excluding diaryl/α,β-unsaturated/α-hetero) is 1. The number of aromatic nitrogens is 2. The first kappa shape index (κ1) is 12.8. The molecular weight excluding hydrogens is 260 g/mol. The van der Waals surface area contributed by atoms with Crippen LogP contribution in [0.3, 0.4) is 0 Å². The van der Waals surface area contributed by atoms with Crippen LogP contribution >= 0.6 is 0 Å². The van der Waals surface area contributed by atoms with E-state index >= 15 is 0 Å². The van der Waals surface area contributed by atoms with E-state index in [2.05, 4.69) is 5.10 Å². The number of carbonyl (C=O) groups is 1. The topological polar surface area (TPSA) is 78.0 Å². The molecule has 2 aromatic rings. The highest BCUT2D eigenvalue weighted by atomic mass is 19.1. The minimum absolute atomic E-state index is 0.285. The van der Waals surface area contributed by atoms with Gasteiger partial charge in [0.15, 0.2) is 5.78 Å². The van der Waals surface area contributed by atoms with Crippen LogP contribution in [-0.2, 0) is 6.54 Å². The van der Waals surface area contributed by atoms with Gasteiger partial charge in [-0.3, -0.25) is 19.6 Å². The molecule has 6 nitrogen and oxygen atoms in total. The summed E-state index contributed by atoms with van der Waals surface area (Å²) in [6.07, 6.45) is 2.00. The van der Waals surface area contributed by atoms with Crippen LogP contribution in [0.2, 0.25) is 0 Å². The maximum atomic E-state index is 13.3. The summed E-state index contributed by atoms with van der Waals surface area (Å²) < 4.78 is 27.2. The lowest BCUT2D eigenvalue weighted by atomic mass is 10.1. The van der Waals surface area contributed by atoms with E-state index in [0.717, 1.165) is 35.3 Å². The second kappa shape index (κ2) is 4.92. The van der Waals surface area contributed by atoms with Gasteiger partial charge in [0.1, 0.15) is 30.6 Å². The van der Waals surface area contributed by atoms with Crippen LogP contribution in [0.4, 0.5) is 14.5 Å². The molecule has 0 N–H and O–H groups in total. The summed E-state index contributed by atoms with van der Waals surface area (Å²) in [6.45, 7) is -0.409. The average Bonchev–Trinajstić information content (AvgIpc) is 2.80. The Morgan fingerprint density at radius 2 is 2.16 bits per heavy atom. The number of carbonyl (C=O) groups excluding carboxylic acids is 1. The lowest BCUT2D eigenvalue weighted by Gasteiger charge is -2.02. The number of nitro groups is 1. The third-order valence-corrected chi connectivity index (χ3v) is 2.36. The number of hydrogen-bond acceptors (Lipinski definition) is 4. The van der Waals surface area contributed by atoms with Gasteiger partial charge in [0.2, 0.25) is 0 Å². The molecule has 0 aliphatic heterocycles. The number of nitrogens with zero attached hydrogens (tertiary/aromatic N) is 3. The van der Waals surface area contributed by atoms with E-state index in [0.29, 0.717) is 0 Å². The lowest BCUT2D eigenvalue weighted by molar-refractivity contribution is -0.385. The van der Waals surface area contributed by atoms with Gasteiger partial charge in [-0.05, 0) is 18.2 Å². The summed E-state index contributed by atoms with van der Waals surface area (Å²) in [5.41, 5.74) is -0.703. The number of ketones is 1. The first-order chi connectivity index (χ1) is 8.97. The molecule has 0 atom stereocenters. The van der Waals surface area contributed by atoms with Crippen molar-refractivity contribution in [2.75, 3.05) is 0 Å². The third-order valence-electron chi connectivity index (χ3n) is 2.36. The second-order valence-electron chi connectivity index (χ2n) is 3.70. The van der Waals surface area contributed by atoms with E-state index in [1.54, 1.807) is 0 Å². The zero-order chi connectivity index (χ0) is 14.0. The highest BCUT2D eigenvalue weighted by Crippen LogP contribution is 2.13. The van der Waals surface area contributed by atoms with Gasteiger partial charge < -0.3 is 0 Å². The first-order valence-electron chi connectivity index (χ1n) is 5.12. The minimum atomic E-state index is -0.854. The summed E-state index contributed by atoms with van der Waals surface area (Å²) in [5, 5.41) is 14.0.